The highest BCUT2D eigenvalue weighted by Gasteiger charge is 2.18. The number of nitrogens with zero attached hydrogens (tertiary/aromatic N) is 2. The number of fused-ring (bicyclic) bond motifs is 1. The van der Waals surface area contributed by atoms with E-state index in [1.165, 1.54) is 36.9 Å². The van der Waals surface area contributed by atoms with E-state index in [0.717, 1.165) is 12.5 Å². The Balaban J connectivity index is 2.23. The topological polar surface area (TPSA) is 17.8 Å². The molecule has 1 atom stereocenters. The van der Waals surface area contributed by atoms with Gasteiger partial charge in [0.25, 0.3) is 0 Å². The Bertz CT molecular complexity index is 275. The first-order valence-electron chi connectivity index (χ1n) is 5.34. The summed E-state index contributed by atoms with van der Waals surface area (Å²) in [6, 6.07) is 0. The van der Waals surface area contributed by atoms with Gasteiger partial charge in [-0.25, -0.2) is 0 Å². The van der Waals surface area contributed by atoms with Crippen molar-refractivity contribution in [2.45, 2.75) is 46.1 Å². The van der Waals surface area contributed by atoms with Gasteiger partial charge in [0.1, 0.15) is 0 Å². The molecule has 1 aromatic heterocycles. The molecule has 0 aromatic carbocycles. The summed E-state index contributed by atoms with van der Waals surface area (Å²) in [5.74, 6) is 0.853. The van der Waals surface area contributed by atoms with Crippen LogP contribution in [-0.4, -0.2) is 9.78 Å². The van der Waals surface area contributed by atoms with Crippen LogP contribution in [0.4, 0.5) is 0 Å². The van der Waals surface area contributed by atoms with Crippen LogP contribution >= 0.6 is 0 Å². The van der Waals surface area contributed by atoms with Crippen molar-refractivity contribution in [1.29, 1.82) is 0 Å². The molecule has 2 rings (SSSR count). The van der Waals surface area contributed by atoms with Crippen LogP contribution in [0.2, 0.25) is 0 Å². The van der Waals surface area contributed by atoms with E-state index in [0.29, 0.717) is 0 Å². The number of hydrogen-bond donors (Lipinski definition) is 0. The molecule has 0 radical (unpaired) electrons. The van der Waals surface area contributed by atoms with Crippen molar-refractivity contribution in [3.8, 4) is 0 Å². The highest BCUT2D eigenvalue weighted by molar-refractivity contribution is 5.21. The highest BCUT2D eigenvalue weighted by atomic mass is 15.3. The summed E-state index contributed by atoms with van der Waals surface area (Å²) in [7, 11) is 0. The molecule has 2 nitrogen and oxygen atoms in total. The molecule has 2 heteroatoms. The zero-order valence-electron chi connectivity index (χ0n) is 8.58. The smallest absolute Gasteiger partial charge is 0.0524 e. The minimum Gasteiger partial charge on any atom is -0.269 e. The monoisotopic (exact) mass is 178 g/mol. The van der Waals surface area contributed by atoms with Crippen molar-refractivity contribution in [3.05, 3.63) is 17.5 Å². The minimum absolute atomic E-state index is 0.853. The maximum Gasteiger partial charge on any atom is 0.0524 e. The predicted molar refractivity (Wildman–Crippen MR) is 53.7 cm³/mol. The van der Waals surface area contributed by atoms with E-state index in [9.17, 15) is 0 Å². The summed E-state index contributed by atoms with van der Waals surface area (Å²) < 4.78 is 2.20. The molecule has 1 aromatic rings. The second-order valence-corrected chi connectivity index (χ2v) is 4.19. The van der Waals surface area contributed by atoms with Crippen LogP contribution in [-0.2, 0) is 19.4 Å². The van der Waals surface area contributed by atoms with Gasteiger partial charge in [0.05, 0.1) is 6.20 Å². The molecule has 1 aliphatic rings. The highest BCUT2D eigenvalue weighted by Crippen LogP contribution is 2.24. The van der Waals surface area contributed by atoms with Crippen molar-refractivity contribution in [3.63, 3.8) is 0 Å². The quantitative estimate of drug-likeness (QED) is 0.680. The molecule has 1 aliphatic carbocycles. The van der Waals surface area contributed by atoms with Crippen LogP contribution in [0.1, 0.15) is 37.9 Å². The van der Waals surface area contributed by atoms with Crippen molar-refractivity contribution in [2.75, 3.05) is 0 Å². The first-order chi connectivity index (χ1) is 6.31. The molecule has 0 spiro atoms. The van der Waals surface area contributed by atoms with Crippen LogP contribution in [0, 0.1) is 5.92 Å². The average Bonchev–Trinajstić information content (AvgIpc) is 2.49. The van der Waals surface area contributed by atoms with Gasteiger partial charge < -0.3 is 0 Å². The maximum absolute atomic E-state index is 4.44. The summed E-state index contributed by atoms with van der Waals surface area (Å²) in [5, 5.41) is 4.44. The van der Waals surface area contributed by atoms with Gasteiger partial charge in [-0.2, -0.15) is 5.10 Å². The molecular formula is C11H18N2. The fraction of sp³-hybridized carbons (Fsp3) is 0.727. The van der Waals surface area contributed by atoms with Gasteiger partial charge in [0.2, 0.25) is 0 Å². The molecule has 0 aliphatic heterocycles. The zero-order chi connectivity index (χ0) is 9.26. The van der Waals surface area contributed by atoms with Gasteiger partial charge in [-0.3, -0.25) is 4.68 Å². The lowest BCUT2D eigenvalue weighted by atomic mass is 9.89. The zero-order valence-corrected chi connectivity index (χ0v) is 8.58. The van der Waals surface area contributed by atoms with Crippen LogP contribution < -0.4 is 0 Å². The third-order valence-electron chi connectivity index (χ3n) is 2.91. The third kappa shape index (κ3) is 1.62. The van der Waals surface area contributed by atoms with Crippen LogP contribution in [0.15, 0.2) is 6.20 Å². The van der Waals surface area contributed by atoms with E-state index in [1.54, 1.807) is 0 Å². The van der Waals surface area contributed by atoms with E-state index in [1.807, 2.05) is 0 Å². The molecule has 13 heavy (non-hydrogen) atoms. The van der Waals surface area contributed by atoms with E-state index < -0.39 is 0 Å². The first kappa shape index (κ1) is 8.79. The summed E-state index contributed by atoms with van der Waals surface area (Å²) in [6.45, 7) is 5.63. The largest absolute Gasteiger partial charge is 0.269 e. The second-order valence-electron chi connectivity index (χ2n) is 4.19. The molecule has 1 heterocycles. The van der Waals surface area contributed by atoms with E-state index in [-0.39, 0.29) is 0 Å². The number of hydrogen-bond acceptors (Lipinski definition) is 1. The molecule has 0 saturated heterocycles. The van der Waals surface area contributed by atoms with Crippen LogP contribution in [0.5, 0.6) is 0 Å². The standard InChI is InChI=1S/C11H18N2/c1-3-6-13-11-5-4-9(2)7-10(11)8-12-13/h8-9H,3-7H2,1-2H3. The van der Waals surface area contributed by atoms with E-state index in [2.05, 4.69) is 29.8 Å². The molecule has 0 bridgehead atoms. The number of rotatable bonds is 2. The van der Waals surface area contributed by atoms with Crippen molar-refractivity contribution in [2.24, 2.45) is 5.92 Å². The van der Waals surface area contributed by atoms with Crippen LogP contribution in [0.3, 0.4) is 0 Å². The molecular weight excluding hydrogens is 160 g/mol. The minimum atomic E-state index is 0.853. The summed E-state index contributed by atoms with van der Waals surface area (Å²) in [6.07, 6.45) is 7.06. The molecule has 0 fully saturated rings. The molecule has 0 N–H and O–H groups in total. The lowest BCUT2D eigenvalue weighted by Crippen LogP contribution is -2.14. The number of aryl methyl sites for hydroxylation is 1. The van der Waals surface area contributed by atoms with Crippen molar-refractivity contribution in [1.82, 2.24) is 9.78 Å². The first-order valence-corrected chi connectivity index (χ1v) is 5.34. The number of aromatic nitrogens is 2. The second kappa shape index (κ2) is 3.52. The summed E-state index contributed by atoms with van der Waals surface area (Å²) in [4.78, 5) is 0. The fourth-order valence-electron chi connectivity index (χ4n) is 2.17. The Morgan fingerprint density at radius 3 is 3.23 bits per heavy atom. The molecule has 1 unspecified atom stereocenters. The van der Waals surface area contributed by atoms with E-state index >= 15 is 0 Å². The Labute approximate surface area is 80.0 Å². The van der Waals surface area contributed by atoms with Gasteiger partial charge in [0, 0.05) is 12.2 Å². The maximum atomic E-state index is 4.44. The van der Waals surface area contributed by atoms with Crippen molar-refractivity contribution >= 4 is 0 Å². The third-order valence-corrected chi connectivity index (χ3v) is 2.91. The Kier molecular flexibility index (Phi) is 2.38. The van der Waals surface area contributed by atoms with Crippen molar-refractivity contribution < 1.29 is 0 Å². The summed E-state index contributed by atoms with van der Waals surface area (Å²) in [5.41, 5.74) is 2.99. The normalized spacial score (nSPS) is 21.5. The lowest BCUT2D eigenvalue weighted by molar-refractivity contribution is 0.472. The van der Waals surface area contributed by atoms with Gasteiger partial charge in [-0.15, -0.1) is 0 Å². The Hall–Kier alpha value is -0.790. The molecule has 0 amide bonds. The molecule has 0 saturated carbocycles. The predicted octanol–water partition coefficient (Wildman–Crippen LogP) is 2.42. The van der Waals surface area contributed by atoms with Gasteiger partial charge >= 0.3 is 0 Å². The van der Waals surface area contributed by atoms with Crippen LogP contribution in [0.25, 0.3) is 0 Å². The fourth-order valence-corrected chi connectivity index (χ4v) is 2.17. The van der Waals surface area contributed by atoms with E-state index in [4.69, 9.17) is 0 Å². The van der Waals surface area contributed by atoms with Gasteiger partial charge in [-0.1, -0.05) is 13.8 Å². The summed E-state index contributed by atoms with van der Waals surface area (Å²) >= 11 is 0. The lowest BCUT2D eigenvalue weighted by Gasteiger charge is -2.19. The SMILES string of the molecule is CCCn1ncc2c1CCC(C)C2. The molecule has 72 valence electrons. The average molecular weight is 178 g/mol. The van der Waals surface area contributed by atoms with Gasteiger partial charge in [-0.05, 0) is 37.2 Å². The van der Waals surface area contributed by atoms with Gasteiger partial charge in [0.15, 0.2) is 0 Å². The Morgan fingerprint density at radius 2 is 2.46 bits per heavy atom. The Morgan fingerprint density at radius 1 is 1.62 bits per heavy atom.